The van der Waals surface area contributed by atoms with E-state index in [2.05, 4.69) is 43.4 Å². The number of benzene rings is 2. The first-order chi connectivity index (χ1) is 12.8. The van der Waals surface area contributed by atoms with Crippen LogP contribution in [0.5, 0.6) is 0 Å². The number of hydrogen-bond donors (Lipinski definition) is 1. The van der Waals surface area contributed by atoms with Gasteiger partial charge in [0.2, 0.25) is 5.91 Å². The van der Waals surface area contributed by atoms with Gasteiger partial charge in [-0.3, -0.25) is 4.79 Å². The van der Waals surface area contributed by atoms with Crippen molar-refractivity contribution in [3.8, 4) is 0 Å². The van der Waals surface area contributed by atoms with E-state index in [1.54, 1.807) is 0 Å². The third-order valence-corrected chi connectivity index (χ3v) is 4.75. The van der Waals surface area contributed by atoms with Gasteiger partial charge < -0.3 is 10.2 Å². The van der Waals surface area contributed by atoms with Crippen LogP contribution in [0.15, 0.2) is 60.7 Å². The summed E-state index contributed by atoms with van der Waals surface area (Å²) in [6.45, 7) is 7.78. The van der Waals surface area contributed by atoms with Gasteiger partial charge in [0, 0.05) is 38.5 Å². The molecular weight excluding hydrogens is 320 g/mol. The number of nitrogens with zero attached hydrogens (tertiary/aromatic N) is 1. The standard InChI is InChI=1S/C19H22N2O.C4H10/c22-19(21-13-11-20-12-14-21)15-18(16-7-3-1-4-8-16)17-9-5-2-6-10-17;1-3-4-2/h1-10,18,20H,11-15H2;3-4H2,1-2H3. The summed E-state index contributed by atoms with van der Waals surface area (Å²) < 4.78 is 0. The minimum Gasteiger partial charge on any atom is -0.340 e. The second-order valence-corrected chi connectivity index (χ2v) is 6.71. The molecule has 26 heavy (non-hydrogen) atoms. The lowest BCUT2D eigenvalue weighted by molar-refractivity contribution is -0.132. The number of piperazine rings is 1. The van der Waals surface area contributed by atoms with Crippen molar-refractivity contribution in [3.05, 3.63) is 71.8 Å². The number of hydrogen-bond acceptors (Lipinski definition) is 2. The molecule has 3 heteroatoms. The maximum atomic E-state index is 12.7. The van der Waals surface area contributed by atoms with Crippen LogP contribution in [0.4, 0.5) is 0 Å². The summed E-state index contributed by atoms with van der Waals surface area (Å²) in [6, 6.07) is 20.7. The highest BCUT2D eigenvalue weighted by atomic mass is 16.2. The van der Waals surface area contributed by atoms with Gasteiger partial charge >= 0.3 is 0 Å². The van der Waals surface area contributed by atoms with Gasteiger partial charge in [0.15, 0.2) is 0 Å². The molecule has 0 unspecified atom stereocenters. The first-order valence-corrected chi connectivity index (χ1v) is 9.84. The van der Waals surface area contributed by atoms with Gasteiger partial charge in [-0.25, -0.2) is 0 Å². The van der Waals surface area contributed by atoms with Crippen LogP contribution in [0.1, 0.15) is 50.2 Å². The number of unbranched alkanes of at least 4 members (excludes halogenated alkanes) is 1. The molecule has 1 aliphatic rings. The molecule has 0 aromatic heterocycles. The van der Waals surface area contributed by atoms with Gasteiger partial charge in [-0.05, 0) is 11.1 Å². The van der Waals surface area contributed by atoms with Gasteiger partial charge in [0.25, 0.3) is 0 Å². The Morgan fingerprint density at radius 1 is 0.885 bits per heavy atom. The summed E-state index contributed by atoms with van der Waals surface area (Å²) in [5.41, 5.74) is 2.41. The highest BCUT2D eigenvalue weighted by molar-refractivity contribution is 5.78. The van der Waals surface area contributed by atoms with E-state index in [1.807, 2.05) is 41.3 Å². The molecule has 1 heterocycles. The molecule has 0 bridgehead atoms. The van der Waals surface area contributed by atoms with Gasteiger partial charge in [0.1, 0.15) is 0 Å². The van der Waals surface area contributed by atoms with E-state index in [1.165, 1.54) is 24.0 Å². The minimum atomic E-state index is 0.129. The lowest BCUT2D eigenvalue weighted by atomic mass is 9.88. The zero-order valence-corrected chi connectivity index (χ0v) is 16.2. The van der Waals surface area contributed by atoms with E-state index < -0.39 is 0 Å². The van der Waals surface area contributed by atoms with Crippen molar-refractivity contribution >= 4 is 5.91 Å². The Hall–Kier alpha value is -2.13. The SMILES string of the molecule is CCCC.O=C(CC(c1ccccc1)c1ccccc1)N1CCNCC1. The molecule has 2 aromatic rings. The van der Waals surface area contributed by atoms with Crippen LogP contribution < -0.4 is 5.32 Å². The number of carbonyl (C=O) groups excluding carboxylic acids is 1. The van der Waals surface area contributed by atoms with E-state index in [0.717, 1.165) is 26.2 Å². The predicted octanol–water partition coefficient (Wildman–Crippen LogP) is 4.45. The van der Waals surface area contributed by atoms with Gasteiger partial charge in [-0.2, -0.15) is 0 Å². The quantitative estimate of drug-likeness (QED) is 0.862. The Balaban J connectivity index is 0.000000552. The van der Waals surface area contributed by atoms with E-state index in [4.69, 9.17) is 0 Å². The smallest absolute Gasteiger partial charge is 0.223 e. The molecule has 0 saturated carbocycles. The molecule has 3 rings (SSSR count). The third-order valence-electron chi connectivity index (χ3n) is 4.75. The van der Waals surface area contributed by atoms with Gasteiger partial charge in [-0.15, -0.1) is 0 Å². The van der Waals surface area contributed by atoms with Crippen molar-refractivity contribution in [1.29, 1.82) is 0 Å². The number of rotatable bonds is 5. The zero-order valence-electron chi connectivity index (χ0n) is 16.2. The molecule has 1 aliphatic heterocycles. The zero-order chi connectivity index (χ0) is 18.6. The molecule has 1 fully saturated rings. The highest BCUT2D eigenvalue weighted by Crippen LogP contribution is 2.28. The van der Waals surface area contributed by atoms with Crippen LogP contribution in [0.3, 0.4) is 0 Å². The summed E-state index contributed by atoms with van der Waals surface area (Å²) in [5.74, 6) is 0.379. The van der Waals surface area contributed by atoms with Crippen LogP contribution >= 0.6 is 0 Å². The highest BCUT2D eigenvalue weighted by Gasteiger charge is 2.22. The van der Waals surface area contributed by atoms with Crippen molar-refractivity contribution in [1.82, 2.24) is 10.2 Å². The van der Waals surface area contributed by atoms with Crippen molar-refractivity contribution in [2.24, 2.45) is 0 Å². The Bertz CT molecular complexity index is 580. The molecule has 0 radical (unpaired) electrons. The second kappa shape index (κ2) is 11.5. The van der Waals surface area contributed by atoms with Crippen LogP contribution in [0.25, 0.3) is 0 Å². The summed E-state index contributed by atoms with van der Waals surface area (Å²) in [4.78, 5) is 14.6. The van der Waals surface area contributed by atoms with E-state index in [9.17, 15) is 4.79 Å². The minimum absolute atomic E-state index is 0.129. The van der Waals surface area contributed by atoms with E-state index in [-0.39, 0.29) is 11.8 Å². The van der Waals surface area contributed by atoms with Crippen LogP contribution in [-0.4, -0.2) is 37.0 Å². The van der Waals surface area contributed by atoms with Crippen molar-refractivity contribution < 1.29 is 4.79 Å². The second-order valence-electron chi connectivity index (χ2n) is 6.71. The van der Waals surface area contributed by atoms with Crippen LogP contribution in [0, 0.1) is 0 Å². The third kappa shape index (κ3) is 6.30. The summed E-state index contributed by atoms with van der Waals surface area (Å²) >= 11 is 0. The Morgan fingerprint density at radius 2 is 1.35 bits per heavy atom. The van der Waals surface area contributed by atoms with Crippen molar-refractivity contribution in [3.63, 3.8) is 0 Å². The molecule has 1 saturated heterocycles. The molecular formula is C23H32N2O. The number of amides is 1. The monoisotopic (exact) mass is 352 g/mol. The first-order valence-electron chi connectivity index (χ1n) is 9.84. The Kier molecular flexibility index (Phi) is 8.91. The molecule has 140 valence electrons. The molecule has 0 aliphatic carbocycles. The number of nitrogens with one attached hydrogen (secondary N) is 1. The van der Waals surface area contributed by atoms with E-state index in [0.29, 0.717) is 6.42 Å². The van der Waals surface area contributed by atoms with Crippen molar-refractivity contribution in [2.45, 2.75) is 39.0 Å². The lowest BCUT2D eigenvalue weighted by Crippen LogP contribution is -2.46. The lowest BCUT2D eigenvalue weighted by Gasteiger charge is -2.29. The summed E-state index contributed by atoms with van der Waals surface area (Å²) in [6.07, 6.45) is 3.17. The fraction of sp³-hybridized carbons (Fsp3) is 0.435. The molecule has 2 aromatic carbocycles. The predicted molar refractivity (Wildman–Crippen MR) is 109 cm³/mol. The largest absolute Gasteiger partial charge is 0.340 e. The first kappa shape index (κ1) is 20.2. The van der Waals surface area contributed by atoms with Crippen LogP contribution in [0.2, 0.25) is 0 Å². The normalized spacial score (nSPS) is 13.9. The fourth-order valence-corrected chi connectivity index (χ4v) is 3.02. The number of carbonyl (C=O) groups is 1. The average molecular weight is 353 g/mol. The van der Waals surface area contributed by atoms with Crippen LogP contribution in [-0.2, 0) is 4.79 Å². The molecule has 1 amide bonds. The molecule has 0 atom stereocenters. The Morgan fingerprint density at radius 3 is 1.77 bits per heavy atom. The average Bonchev–Trinajstić information content (AvgIpc) is 2.74. The van der Waals surface area contributed by atoms with Gasteiger partial charge in [-0.1, -0.05) is 87.4 Å². The fourth-order valence-electron chi connectivity index (χ4n) is 3.02. The molecule has 1 N–H and O–H groups in total. The summed E-state index contributed by atoms with van der Waals surface area (Å²) in [7, 11) is 0. The maximum absolute atomic E-state index is 12.7. The van der Waals surface area contributed by atoms with Gasteiger partial charge in [0.05, 0.1) is 0 Å². The summed E-state index contributed by atoms with van der Waals surface area (Å²) in [5, 5.41) is 3.29. The molecule has 0 spiro atoms. The topological polar surface area (TPSA) is 32.3 Å². The molecule has 3 nitrogen and oxygen atoms in total. The van der Waals surface area contributed by atoms with E-state index >= 15 is 0 Å². The van der Waals surface area contributed by atoms with Crippen molar-refractivity contribution in [2.75, 3.05) is 26.2 Å². The Labute approximate surface area is 158 Å². The maximum Gasteiger partial charge on any atom is 0.223 e.